The maximum absolute atomic E-state index is 4.62. The fraction of sp³-hybridized carbons (Fsp3) is 0.278. The van der Waals surface area contributed by atoms with E-state index in [2.05, 4.69) is 48.4 Å². The van der Waals surface area contributed by atoms with E-state index in [1.54, 1.807) is 0 Å². The topological polar surface area (TPSA) is 66.6 Å². The molecule has 0 aromatic carbocycles. The standard InChI is InChI=1S/C18H21BrN6.HI/c1-2-20-18(22-10-8-15-5-3-4-9-21-15)23-11-16-13-25-12-14(19)6-7-17(25)24-16;/h3-7,9,12-13H,2,8,10-11H2,1H3,(H2,20,22,23);1H. The lowest BCUT2D eigenvalue weighted by atomic mass is 10.3. The number of imidazole rings is 1. The van der Waals surface area contributed by atoms with Crippen LogP contribution >= 0.6 is 39.9 Å². The molecule has 0 aliphatic rings. The lowest BCUT2D eigenvalue weighted by Gasteiger charge is -2.10. The molecule has 0 bridgehead atoms. The molecule has 3 aromatic heterocycles. The van der Waals surface area contributed by atoms with Gasteiger partial charge in [0.25, 0.3) is 0 Å². The molecule has 0 atom stereocenters. The van der Waals surface area contributed by atoms with Crippen LogP contribution in [0.25, 0.3) is 5.65 Å². The molecular weight excluding hydrogens is 507 g/mol. The molecule has 0 aliphatic heterocycles. The molecule has 0 saturated carbocycles. The van der Waals surface area contributed by atoms with Crippen LogP contribution in [-0.2, 0) is 13.0 Å². The van der Waals surface area contributed by atoms with E-state index in [1.165, 1.54) is 0 Å². The van der Waals surface area contributed by atoms with Gasteiger partial charge in [-0.2, -0.15) is 0 Å². The van der Waals surface area contributed by atoms with Crippen molar-refractivity contribution < 1.29 is 0 Å². The van der Waals surface area contributed by atoms with E-state index in [0.29, 0.717) is 6.54 Å². The Morgan fingerprint density at radius 1 is 1.15 bits per heavy atom. The second-order valence-corrected chi connectivity index (χ2v) is 6.45. The van der Waals surface area contributed by atoms with Crippen LogP contribution in [0, 0.1) is 0 Å². The summed E-state index contributed by atoms with van der Waals surface area (Å²) in [5.74, 6) is 0.789. The summed E-state index contributed by atoms with van der Waals surface area (Å²) in [6.07, 6.45) is 6.66. The van der Waals surface area contributed by atoms with Crippen molar-refractivity contribution >= 4 is 51.5 Å². The van der Waals surface area contributed by atoms with E-state index in [-0.39, 0.29) is 24.0 Å². The molecule has 0 saturated heterocycles. The Morgan fingerprint density at radius 2 is 2.04 bits per heavy atom. The summed E-state index contributed by atoms with van der Waals surface area (Å²) in [5.41, 5.74) is 2.92. The molecule has 0 aliphatic carbocycles. The number of aliphatic imine (C=N–C) groups is 1. The average Bonchev–Trinajstić information content (AvgIpc) is 3.02. The second-order valence-electron chi connectivity index (χ2n) is 5.54. The van der Waals surface area contributed by atoms with Crippen molar-refractivity contribution in [1.29, 1.82) is 0 Å². The fourth-order valence-electron chi connectivity index (χ4n) is 2.45. The maximum atomic E-state index is 4.62. The van der Waals surface area contributed by atoms with Gasteiger partial charge < -0.3 is 15.0 Å². The van der Waals surface area contributed by atoms with Crippen molar-refractivity contribution in [3.63, 3.8) is 0 Å². The molecule has 0 amide bonds. The minimum Gasteiger partial charge on any atom is -0.357 e. The smallest absolute Gasteiger partial charge is 0.191 e. The predicted molar refractivity (Wildman–Crippen MR) is 119 cm³/mol. The Hall–Kier alpha value is -1.68. The normalized spacial score (nSPS) is 11.2. The number of hydrogen-bond donors (Lipinski definition) is 2. The Balaban J connectivity index is 0.00000243. The van der Waals surface area contributed by atoms with Gasteiger partial charge in [-0.15, -0.1) is 24.0 Å². The molecule has 3 heterocycles. The molecule has 26 heavy (non-hydrogen) atoms. The fourth-order valence-corrected chi connectivity index (χ4v) is 2.80. The SMILES string of the molecule is CCNC(=NCc1cn2cc(Br)ccc2n1)NCCc1ccccn1.I. The first-order chi connectivity index (χ1) is 12.2. The Labute approximate surface area is 178 Å². The first kappa shape index (κ1) is 20.6. The predicted octanol–water partition coefficient (Wildman–Crippen LogP) is 3.41. The van der Waals surface area contributed by atoms with Crippen LogP contribution in [0.5, 0.6) is 0 Å². The Morgan fingerprint density at radius 3 is 2.81 bits per heavy atom. The summed E-state index contributed by atoms with van der Waals surface area (Å²) in [4.78, 5) is 13.5. The lowest BCUT2D eigenvalue weighted by Crippen LogP contribution is -2.38. The van der Waals surface area contributed by atoms with Crippen molar-refractivity contribution in [3.8, 4) is 0 Å². The number of fused-ring (bicyclic) bond motifs is 1. The molecule has 0 radical (unpaired) electrons. The van der Waals surface area contributed by atoms with Gasteiger partial charge in [0, 0.05) is 48.3 Å². The number of nitrogens with zero attached hydrogens (tertiary/aromatic N) is 4. The van der Waals surface area contributed by atoms with Crippen molar-refractivity contribution in [1.82, 2.24) is 25.0 Å². The van der Waals surface area contributed by atoms with Gasteiger partial charge in [0.1, 0.15) is 5.65 Å². The number of guanidine groups is 1. The van der Waals surface area contributed by atoms with Crippen molar-refractivity contribution in [2.24, 2.45) is 4.99 Å². The minimum absolute atomic E-state index is 0. The summed E-state index contributed by atoms with van der Waals surface area (Å²) in [5, 5.41) is 6.60. The molecule has 0 unspecified atom stereocenters. The largest absolute Gasteiger partial charge is 0.357 e. The third-order valence-corrected chi connectivity index (χ3v) is 4.08. The third kappa shape index (κ3) is 5.94. The number of hydrogen-bond acceptors (Lipinski definition) is 3. The Bertz CT molecular complexity index is 849. The van der Waals surface area contributed by atoms with Crippen LogP contribution in [0.4, 0.5) is 0 Å². The summed E-state index contributed by atoms with van der Waals surface area (Å²) < 4.78 is 3.02. The monoisotopic (exact) mass is 528 g/mol. The summed E-state index contributed by atoms with van der Waals surface area (Å²) in [6, 6.07) is 9.92. The highest BCUT2D eigenvalue weighted by Gasteiger charge is 2.03. The van der Waals surface area contributed by atoms with Gasteiger partial charge in [0.2, 0.25) is 0 Å². The van der Waals surface area contributed by atoms with Gasteiger partial charge in [0.05, 0.1) is 12.2 Å². The van der Waals surface area contributed by atoms with Gasteiger partial charge in [-0.25, -0.2) is 9.98 Å². The molecule has 2 N–H and O–H groups in total. The van der Waals surface area contributed by atoms with Gasteiger partial charge in [0.15, 0.2) is 5.96 Å². The van der Waals surface area contributed by atoms with E-state index in [4.69, 9.17) is 0 Å². The van der Waals surface area contributed by atoms with Crippen LogP contribution in [0.3, 0.4) is 0 Å². The first-order valence-corrected chi connectivity index (χ1v) is 9.09. The molecule has 0 fully saturated rings. The van der Waals surface area contributed by atoms with E-state index >= 15 is 0 Å². The van der Waals surface area contributed by atoms with Crippen LogP contribution in [0.1, 0.15) is 18.3 Å². The highest BCUT2D eigenvalue weighted by molar-refractivity contribution is 14.0. The van der Waals surface area contributed by atoms with Crippen LogP contribution in [0.2, 0.25) is 0 Å². The summed E-state index contributed by atoms with van der Waals surface area (Å²) >= 11 is 3.47. The molecular formula is C18H22BrIN6. The zero-order chi connectivity index (χ0) is 17.5. The third-order valence-electron chi connectivity index (χ3n) is 3.61. The van der Waals surface area contributed by atoms with Gasteiger partial charge >= 0.3 is 0 Å². The van der Waals surface area contributed by atoms with Crippen molar-refractivity contribution in [2.45, 2.75) is 19.9 Å². The summed E-state index contributed by atoms with van der Waals surface area (Å²) in [6.45, 7) is 4.17. The number of pyridine rings is 2. The quantitative estimate of drug-likeness (QED) is 0.292. The van der Waals surface area contributed by atoms with Gasteiger partial charge in [-0.3, -0.25) is 4.98 Å². The average molecular weight is 529 g/mol. The van der Waals surface area contributed by atoms with Crippen LogP contribution in [0.15, 0.2) is 58.4 Å². The molecule has 0 spiro atoms. The number of nitrogens with one attached hydrogen (secondary N) is 2. The van der Waals surface area contributed by atoms with Crippen molar-refractivity contribution in [2.75, 3.05) is 13.1 Å². The molecule has 3 aromatic rings. The highest BCUT2D eigenvalue weighted by Crippen LogP contribution is 2.12. The zero-order valence-electron chi connectivity index (χ0n) is 14.5. The van der Waals surface area contributed by atoms with Gasteiger partial charge in [-0.1, -0.05) is 6.07 Å². The van der Waals surface area contributed by atoms with E-state index in [1.807, 2.05) is 53.3 Å². The summed E-state index contributed by atoms with van der Waals surface area (Å²) in [7, 11) is 0. The van der Waals surface area contributed by atoms with E-state index in [9.17, 15) is 0 Å². The molecule has 8 heteroatoms. The number of aromatic nitrogens is 3. The molecule has 6 nitrogen and oxygen atoms in total. The van der Waals surface area contributed by atoms with E-state index < -0.39 is 0 Å². The van der Waals surface area contributed by atoms with Crippen LogP contribution in [-0.4, -0.2) is 33.4 Å². The lowest BCUT2D eigenvalue weighted by molar-refractivity contribution is 0.786. The molecule has 3 rings (SSSR count). The Kier molecular flexibility index (Phi) is 8.30. The highest BCUT2D eigenvalue weighted by atomic mass is 127. The second kappa shape index (κ2) is 10.5. The van der Waals surface area contributed by atoms with Crippen LogP contribution < -0.4 is 10.6 Å². The van der Waals surface area contributed by atoms with E-state index in [0.717, 1.165) is 47.0 Å². The number of rotatable bonds is 6. The van der Waals surface area contributed by atoms with Gasteiger partial charge in [-0.05, 0) is 47.1 Å². The number of halogens is 2. The first-order valence-electron chi connectivity index (χ1n) is 8.30. The molecule has 138 valence electrons. The zero-order valence-corrected chi connectivity index (χ0v) is 18.4. The van der Waals surface area contributed by atoms with Crippen molar-refractivity contribution in [3.05, 3.63) is 64.8 Å². The maximum Gasteiger partial charge on any atom is 0.191 e. The minimum atomic E-state index is 0.